The summed E-state index contributed by atoms with van der Waals surface area (Å²) < 4.78 is 12.5. The summed E-state index contributed by atoms with van der Waals surface area (Å²) in [5.74, 6) is 1.74. The number of thiophene rings is 1. The molecule has 1 aliphatic carbocycles. The largest absolute Gasteiger partial charge is 0.463 e. The zero-order valence-electron chi connectivity index (χ0n) is 16.1. The fourth-order valence-corrected chi connectivity index (χ4v) is 5.74. The number of pyridine rings is 1. The van der Waals surface area contributed by atoms with Crippen LogP contribution in [-0.4, -0.2) is 34.2 Å². The average Bonchev–Trinajstić information content (AvgIpc) is 3.52. The van der Waals surface area contributed by atoms with Crippen LogP contribution < -0.4 is 5.32 Å². The van der Waals surface area contributed by atoms with Crippen LogP contribution in [0.2, 0.25) is 0 Å². The third-order valence-corrected chi connectivity index (χ3v) is 7.08. The van der Waals surface area contributed by atoms with Gasteiger partial charge in [-0.05, 0) is 61.8 Å². The number of furan rings is 1. The highest BCUT2D eigenvalue weighted by atomic mass is 32.1. The van der Waals surface area contributed by atoms with Crippen LogP contribution in [0.3, 0.4) is 0 Å². The van der Waals surface area contributed by atoms with Crippen molar-refractivity contribution < 1.29 is 9.15 Å². The Hall–Kier alpha value is -2.51. The van der Waals surface area contributed by atoms with E-state index in [2.05, 4.69) is 15.3 Å². The van der Waals surface area contributed by atoms with E-state index in [0.29, 0.717) is 0 Å². The second kappa shape index (κ2) is 7.07. The molecule has 4 aromatic heterocycles. The molecule has 1 N–H and O–H groups in total. The first-order valence-corrected chi connectivity index (χ1v) is 11.2. The lowest BCUT2D eigenvalue weighted by molar-refractivity contribution is 0.120. The number of hydrogen-bond acceptors (Lipinski definition) is 7. The summed E-state index contributed by atoms with van der Waals surface area (Å²) in [5.41, 5.74) is 4.73. The van der Waals surface area contributed by atoms with Gasteiger partial charge < -0.3 is 14.5 Å². The van der Waals surface area contributed by atoms with Gasteiger partial charge in [0.1, 0.15) is 22.7 Å². The summed E-state index contributed by atoms with van der Waals surface area (Å²) in [6, 6.07) is 3.94. The first kappa shape index (κ1) is 17.4. The van der Waals surface area contributed by atoms with Crippen LogP contribution >= 0.6 is 11.3 Å². The Morgan fingerprint density at radius 2 is 2.07 bits per heavy atom. The molecule has 1 aliphatic heterocycles. The molecule has 6 nitrogen and oxygen atoms in total. The standard InChI is InChI=1S/C22H22N4O2S/c1-2-7-15-14(6-1)17-19-20(29-22(17)26-18(15)16-8-4-10-28-16)21(25-12-24-19)23-11-13-5-3-9-27-13/h4,8,10,12-13H,1-3,5-7,9,11H2,(H,23,24,25)/t13-/m1/s1. The van der Waals surface area contributed by atoms with E-state index in [1.54, 1.807) is 23.9 Å². The van der Waals surface area contributed by atoms with Crippen LogP contribution in [0.15, 0.2) is 29.1 Å². The topological polar surface area (TPSA) is 73.1 Å². The third kappa shape index (κ3) is 2.91. The van der Waals surface area contributed by atoms with Crippen molar-refractivity contribution in [1.82, 2.24) is 15.0 Å². The van der Waals surface area contributed by atoms with Crippen LogP contribution in [0.25, 0.3) is 31.9 Å². The van der Waals surface area contributed by atoms with Gasteiger partial charge in [0.15, 0.2) is 5.76 Å². The third-order valence-electron chi connectivity index (χ3n) is 6.00. The number of anilines is 1. The van der Waals surface area contributed by atoms with Gasteiger partial charge in [-0.15, -0.1) is 11.3 Å². The lowest BCUT2D eigenvalue weighted by atomic mass is 9.88. The molecule has 0 aromatic carbocycles. The number of hydrogen-bond donors (Lipinski definition) is 1. The zero-order chi connectivity index (χ0) is 19.2. The number of nitrogens with zero attached hydrogens (tertiary/aromatic N) is 3. The van der Waals surface area contributed by atoms with Gasteiger partial charge in [0.2, 0.25) is 0 Å². The Labute approximate surface area is 172 Å². The molecule has 0 radical (unpaired) electrons. The van der Waals surface area contributed by atoms with Gasteiger partial charge in [0.25, 0.3) is 0 Å². The fourth-order valence-electron chi connectivity index (χ4n) is 4.62. The highest BCUT2D eigenvalue weighted by molar-refractivity contribution is 7.26. The molecule has 0 unspecified atom stereocenters. The van der Waals surface area contributed by atoms with E-state index in [-0.39, 0.29) is 6.10 Å². The first-order valence-electron chi connectivity index (χ1n) is 10.4. The van der Waals surface area contributed by atoms with Crippen LogP contribution in [0.5, 0.6) is 0 Å². The molecule has 0 spiro atoms. The molecule has 1 saturated heterocycles. The van der Waals surface area contributed by atoms with Crippen LogP contribution in [0.1, 0.15) is 36.8 Å². The molecule has 5 heterocycles. The van der Waals surface area contributed by atoms with Gasteiger partial charge in [-0.25, -0.2) is 15.0 Å². The number of aryl methyl sites for hydroxylation is 1. The molecule has 0 bridgehead atoms. The number of aromatic nitrogens is 3. The van der Waals surface area contributed by atoms with Crippen molar-refractivity contribution in [2.24, 2.45) is 0 Å². The summed E-state index contributed by atoms with van der Waals surface area (Å²) in [5, 5.41) is 4.71. The Morgan fingerprint density at radius 1 is 1.14 bits per heavy atom. The van der Waals surface area contributed by atoms with E-state index >= 15 is 0 Å². The quantitative estimate of drug-likeness (QED) is 0.516. The van der Waals surface area contributed by atoms with Crippen molar-refractivity contribution in [3.8, 4) is 11.5 Å². The average molecular weight is 407 g/mol. The first-order chi connectivity index (χ1) is 14.4. The molecule has 0 amide bonds. The number of rotatable bonds is 4. The maximum absolute atomic E-state index is 5.75. The summed E-state index contributed by atoms with van der Waals surface area (Å²) in [7, 11) is 0. The van der Waals surface area contributed by atoms with Crippen LogP contribution in [0.4, 0.5) is 5.82 Å². The van der Waals surface area contributed by atoms with E-state index < -0.39 is 0 Å². The van der Waals surface area contributed by atoms with Gasteiger partial charge in [0.05, 0.1) is 22.6 Å². The minimum atomic E-state index is 0.269. The van der Waals surface area contributed by atoms with Crippen LogP contribution in [0, 0.1) is 0 Å². The lowest BCUT2D eigenvalue weighted by Gasteiger charge is -2.19. The lowest BCUT2D eigenvalue weighted by Crippen LogP contribution is -2.18. The van der Waals surface area contributed by atoms with Crippen molar-refractivity contribution in [3.63, 3.8) is 0 Å². The van der Waals surface area contributed by atoms with E-state index in [9.17, 15) is 0 Å². The molecule has 0 saturated carbocycles. The van der Waals surface area contributed by atoms with Crippen LogP contribution in [-0.2, 0) is 17.6 Å². The van der Waals surface area contributed by atoms with E-state index in [0.717, 1.165) is 71.2 Å². The number of nitrogens with one attached hydrogen (secondary N) is 1. The van der Waals surface area contributed by atoms with E-state index in [1.807, 2.05) is 12.1 Å². The number of ether oxygens (including phenoxy) is 1. The van der Waals surface area contributed by atoms with Gasteiger partial charge >= 0.3 is 0 Å². The maximum atomic E-state index is 5.75. The van der Waals surface area contributed by atoms with Gasteiger partial charge in [0, 0.05) is 18.5 Å². The summed E-state index contributed by atoms with van der Waals surface area (Å²) in [4.78, 5) is 15.3. The monoisotopic (exact) mass is 406 g/mol. The van der Waals surface area contributed by atoms with E-state index in [4.69, 9.17) is 14.1 Å². The molecule has 1 fully saturated rings. The van der Waals surface area contributed by atoms with Gasteiger partial charge in [-0.3, -0.25) is 0 Å². The SMILES string of the molecule is c1coc(-c2nc3sc4c(NC[C@H]5CCCO5)ncnc4c3c3c2CCCC3)c1. The predicted octanol–water partition coefficient (Wildman–Crippen LogP) is 4.97. The Bertz CT molecular complexity index is 1180. The van der Waals surface area contributed by atoms with Crippen molar-refractivity contribution in [3.05, 3.63) is 35.9 Å². The molecule has 7 heteroatoms. The Morgan fingerprint density at radius 3 is 2.90 bits per heavy atom. The van der Waals surface area contributed by atoms with Crippen molar-refractivity contribution in [2.75, 3.05) is 18.5 Å². The van der Waals surface area contributed by atoms with Gasteiger partial charge in [-0.1, -0.05) is 0 Å². The van der Waals surface area contributed by atoms with Crippen molar-refractivity contribution >= 4 is 37.6 Å². The fraction of sp³-hybridized carbons (Fsp3) is 0.409. The predicted molar refractivity (Wildman–Crippen MR) is 115 cm³/mol. The Balaban J connectivity index is 1.51. The molecule has 1 atom stereocenters. The summed E-state index contributed by atoms with van der Waals surface area (Å²) >= 11 is 1.67. The minimum absolute atomic E-state index is 0.269. The van der Waals surface area contributed by atoms with Crippen molar-refractivity contribution in [2.45, 2.75) is 44.6 Å². The smallest absolute Gasteiger partial charge is 0.152 e. The van der Waals surface area contributed by atoms with Gasteiger partial charge in [-0.2, -0.15) is 0 Å². The molecule has 4 aromatic rings. The molecule has 2 aliphatic rings. The normalized spacial score (nSPS) is 19.1. The second-order valence-electron chi connectivity index (χ2n) is 7.80. The highest BCUT2D eigenvalue weighted by Crippen LogP contribution is 2.42. The summed E-state index contributed by atoms with van der Waals surface area (Å²) in [6.45, 7) is 1.64. The van der Waals surface area contributed by atoms with Crippen molar-refractivity contribution in [1.29, 1.82) is 0 Å². The number of fused-ring (bicyclic) bond motifs is 5. The molecule has 29 heavy (non-hydrogen) atoms. The molecular formula is C22H22N4O2S. The second-order valence-corrected chi connectivity index (χ2v) is 8.80. The van der Waals surface area contributed by atoms with E-state index in [1.165, 1.54) is 29.4 Å². The highest BCUT2D eigenvalue weighted by Gasteiger charge is 2.25. The minimum Gasteiger partial charge on any atom is -0.463 e. The molecular weight excluding hydrogens is 384 g/mol. The zero-order valence-corrected chi connectivity index (χ0v) is 16.9. The summed E-state index contributed by atoms with van der Waals surface area (Å²) in [6.07, 6.45) is 10.4. The Kier molecular flexibility index (Phi) is 4.23. The maximum Gasteiger partial charge on any atom is 0.152 e. The molecule has 6 rings (SSSR count). The molecule has 148 valence electrons.